The lowest BCUT2D eigenvalue weighted by atomic mass is 10.1. The second-order valence-corrected chi connectivity index (χ2v) is 13.2. The predicted molar refractivity (Wildman–Crippen MR) is 197 cm³/mol. The monoisotopic (exact) mass is 659 g/mol. The van der Waals surface area contributed by atoms with Gasteiger partial charge in [0.15, 0.2) is 0 Å². The Labute approximate surface area is 282 Å². The zero-order valence-corrected chi connectivity index (χ0v) is 29.7. The Morgan fingerprint density at radius 1 is 0.609 bits per heavy atom. The predicted octanol–water partition coefficient (Wildman–Crippen LogP) is 10.1. The zero-order valence-electron chi connectivity index (χ0n) is 28.9. The lowest BCUT2D eigenvalue weighted by Crippen LogP contribution is -2.46. The molecule has 0 aromatic rings. The number of hydrogen-bond acceptors (Lipinski definition) is 4. The fraction of sp³-hybridized carbons (Fsp3) is 0.615. The van der Waals surface area contributed by atoms with Crippen LogP contribution in [0.2, 0.25) is 0 Å². The van der Waals surface area contributed by atoms with Gasteiger partial charge in [-0.15, -0.1) is 0 Å². The van der Waals surface area contributed by atoms with Gasteiger partial charge in [0.05, 0.1) is 17.9 Å². The highest BCUT2D eigenvalue weighted by Crippen LogP contribution is 2.09. The first-order valence-electron chi connectivity index (χ1n) is 17.8. The summed E-state index contributed by atoms with van der Waals surface area (Å²) in [6.07, 6.45) is 47.0. The van der Waals surface area contributed by atoms with Gasteiger partial charge in [-0.2, -0.15) is 8.42 Å². The Morgan fingerprint density at radius 2 is 1.07 bits per heavy atom. The SMILES string of the molecule is CC/C=C\C/C=C\C/C=C\C/C=C\CCCCCCC(=O)NC(CS(=O)(=O)O)C(O)/C=C/CC/C=C/CC/C=C/CCCCCC. The van der Waals surface area contributed by atoms with Crippen LogP contribution < -0.4 is 5.32 Å². The first-order chi connectivity index (χ1) is 22.3. The normalized spacial score (nSPS) is 14.4. The van der Waals surface area contributed by atoms with E-state index in [9.17, 15) is 22.9 Å². The summed E-state index contributed by atoms with van der Waals surface area (Å²) in [4.78, 5) is 12.4. The third kappa shape index (κ3) is 32.9. The van der Waals surface area contributed by atoms with Gasteiger partial charge in [-0.05, 0) is 83.5 Å². The molecular weight excluding hydrogens is 594 g/mol. The molecule has 0 aromatic heterocycles. The molecule has 2 atom stereocenters. The van der Waals surface area contributed by atoms with Crippen molar-refractivity contribution in [3.05, 3.63) is 85.1 Å². The van der Waals surface area contributed by atoms with E-state index < -0.39 is 28.0 Å². The van der Waals surface area contributed by atoms with E-state index in [0.717, 1.165) is 77.0 Å². The number of unbranched alkanes of at least 4 members (excludes halogenated alkanes) is 10. The molecular formula is C39H65NO5S. The first-order valence-corrected chi connectivity index (χ1v) is 19.4. The van der Waals surface area contributed by atoms with Gasteiger partial charge in [0.1, 0.15) is 0 Å². The molecule has 0 bridgehead atoms. The highest BCUT2D eigenvalue weighted by Gasteiger charge is 2.24. The lowest BCUT2D eigenvalue weighted by Gasteiger charge is -2.21. The molecule has 46 heavy (non-hydrogen) atoms. The molecule has 0 radical (unpaired) electrons. The van der Waals surface area contributed by atoms with E-state index in [0.29, 0.717) is 12.8 Å². The van der Waals surface area contributed by atoms with Crippen LogP contribution in [0.3, 0.4) is 0 Å². The number of nitrogens with one attached hydrogen (secondary N) is 1. The molecule has 6 nitrogen and oxygen atoms in total. The van der Waals surface area contributed by atoms with E-state index in [1.807, 2.05) is 0 Å². The van der Waals surface area contributed by atoms with Crippen molar-refractivity contribution >= 4 is 16.0 Å². The number of aliphatic hydroxyl groups excluding tert-OH is 1. The van der Waals surface area contributed by atoms with E-state index in [-0.39, 0.29) is 12.3 Å². The summed E-state index contributed by atoms with van der Waals surface area (Å²) in [5, 5.41) is 13.1. The average molecular weight is 660 g/mol. The van der Waals surface area contributed by atoms with Crippen LogP contribution in [0, 0.1) is 0 Å². The van der Waals surface area contributed by atoms with Gasteiger partial charge in [0.25, 0.3) is 10.1 Å². The van der Waals surface area contributed by atoms with Gasteiger partial charge in [-0.3, -0.25) is 9.35 Å². The fourth-order valence-corrected chi connectivity index (χ4v) is 5.38. The Kier molecular flexibility index (Phi) is 30.7. The number of amides is 1. The van der Waals surface area contributed by atoms with Crippen LogP contribution in [0.25, 0.3) is 0 Å². The highest BCUT2D eigenvalue weighted by atomic mass is 32.2. The smallest absolute Gasteiger partial charge is 0.267 e. The number of carbonyl (C=O) groups is 1. The Morgan fingerprint density at radius 3 is 1.61 bits per heavy atom. The summed E-state index contributed by atoms with van der Waals surface area (Å²) in [7, 11) is -4.37. The Bertz CT molecular complexity index is 1040. The minimum atomic E-state index is -4.37. The molecule has 3 N–H and O–H groups in total. The minimum Gasteiger partial charge on any atom is -0.387 e. The molecule has 0 fully saturated rings. The maximum Gasteiger partial charge on any atom is 0.267 e. The van der Waals surface area contributed by atoms with Gasteiger partial charge in [-0.1, -0.05) is 131 Å². The second kappa shape index (κ2) is 32.5. The van der Waals surface area contributed by atoms with E-state index in [4.69, 9.17) is 0 Å². The van der Waals surface area contributed by atoms with Crippen molar-refractivity contribution in [3.8, 4) is 0 Å². The van der Waals surface area contributed by atoms with Crippen molar-refractivity contribution in [2.75, 3.05) is 5.75 Å². The maximum absolute atomic E-state index is 12.4. The molecule has 262 valence electrons. The van der Waals surface area contributed by atoms with Crippen molar-refractivity contribution < 1.29 is 22.9 Å². The first kappa shape index (κ1) is 43.5. The van der Waals surface area contributed by atoms with E-state index in [1.165, 1.54) is 31.8 Å². The summed E-state index contributed by atoms with van der Waals surface area (Å²) < 4.78 is 32.3. The van der Waals surface area contributed by atoms with Gasteiger partial charge in [0.2, 0.25) is 5.91 Å². The highest BCUT2D eigenvalue weighted by molar-refractivity contribution is 7.85. The van der Waals surface area contributed by atoms with Crippen LogP contribution in [0.1, 0.15) is 136 Å². The van der Waals surface area contributed by atoms with Crippen LogP contribution in [0.5, 0.6) is 0 Å². The summed E-state index contributed by atoms with van der Waals surface area (Å²) in [5.41, 5.74) is 0. The molecule has 2 unspecified atom stereocenters. The fourth-order valence-electron chi connectivity index (χ4n) is 4.65. The third-order valence-corrected chi connectivity index (χ3v) is 8.06. The maximum atomic E-state index is 12.4. The molecule has 0 rings (SSSR count). The number of rotatable bonds is 30. The molecule has 0 heterocycles. The summed E-state index contributed by atoms with van der Waals surface area (Å²) in [5.74, 6) is -1.05. The second-order valence-electron chi connectivity index (χ2n) is 11.7. The molecule has 1 amide bonds. The van der Waals surface area contributed by atoms with Crippen molar-refractivity contribution in [1.82, 2.24) is 5.32 Å². The molecule has 0 saturated carbocycles. The van der Waals surface area contributed by atoms with Crippen molar-refractivity contribution in [2.24, 2.45) is 0 Å². The minimum absolute atomic E-state index is 0.251. The van der Waals surface area contributed by atoms with Crippen LogP contribution in [0.4, 0.5) is 0 Å². The van der Waals surface area contributed by atoms with Crippen LogP contribution >= 0.6 is 0 Å². The van der Waals surface area contributed by atoms with Gasteiger partial charge >= 0.3 is 0 Å². The summed E-state index contributed by atoms with van der Waals surface area (Å²) in [6.45, 7) is 4.36. The van der Waals surface area contributed by atoms with Gasteiger partial charge in [-0.25, -0.2) is 0 Å². The van der Waals surface area contributed by atoms with Crippen molar-refractivity contribution in [3.63, 3.8) is 0 Å². The molecule has 0 aliphatic rings. The van der Waals surface area contributed by atoms with E-state index in [2.05, 4.69) is 92.1 Å². The van der Waals surface area contributed by atoms with Gasteiger partial charge in [0, 0.05) is 6.42 Å². The molecule has 0 spiro atoms. The van der Waals surface area contributed by atoms with E-state index >= 15 is 0 Å². The Balaban J connectivity index is 4.16. The molecule has 0 aromatic carbocycles. The summed E-state index contributed by atoms with van der Waals surface area (Å²) >= 11 is 0. The van der Waals surface area contributed by atoms with E-state index in [1.54, 1.807) is 6.08 Å². The van der Waals surface area contributed by atoms with Crippen molar-refractivity contribution in [2.45, 2.75) is 148 Å². The quantitative estimate of drug-likeness (QED) is 0.0404. The van der Waals surface area contributed by atoms with Crippen LogP contribution in [-0.4, -0.2) is 41.9 Å². The van der Waals surface area contributed by atoms with Crippen LogP contribution in [0.15, 0.2) is 85.1 Å². The Hall–Kier alpha value is -2.48. The number of allylic oxidation sites excluding steroid dienone is 13. The zero-order chi connectivity index (χ0) is 34.0. The molecule has 0 aliphatic heterocycles. The van der Waals surface area contributed by atoms with Gasteiger partial charge < -0.3 is 10.4 Å². The molecule has 0 aliphatic carbocycles. The largest absolute Gasteiger partial charge is 0.387 e. The summed E-state index contributed by atoms with van der Waals surface area (Å²) in [6, 6.07) is -1.10. The number of hydrogen-bond donors (Lipinski definition) is 3. The average Bonchev–Trinajstić information content (AvgIpc) is 3.01. The standard InChI is InChI=1S/C39H65NO5S/c1-3-5-7-9-11-13-15-17-19-20-21-23-25-27-29-31-33-35-39(42)40-37(36-46(43,44)45)38(41)34-32-30-28-26-24-22-18-16-14-12-10-8-6-4-2/h5,7,11,13-14,16-17,19,21,23-24,26,32,34,37-38,41H,3-4,6,8-10,12,15,18,20,22,25,27-31,33,35-36H2,1-2H3,(H,40,42)(H,43,44,45)/b7-5-,13-11-,16-14+,19-17-,23-21-,26-24+,34-32+. The molecule has 7 heteroatoms. The number of aliphatic hydroxyl groups is 1. The van der Waals surface area contributed by atoms with Crippen molar-refractivity contribution in [1.29, 1.82) is 0 Å². The topological polar surface area (TPSA) is 104 Å². The third-order valence-electron chi connectivity index (χ3n) is 7.28. The lowest BCUT2D eigenvalue weighted by molar-refractivity contribution is -0.122. The molecule has 0 saturated heterocycles. The van der Waals surface area contributed by atoms with Crippen LogP contribution in [-0.2, 0) is 14.9 Å². The number of carbonyl (C=O) groups excluding carboxylic acids is 1.